The molecule has 0 saturated heterocycles. The molecule has 0 fully saturated rings. The molecule has 7 heteroatoms. The number of aromatic nitrogens is 1. The van der Waals surface area contributed by atoms with Crippen molar-refractivity contribution in [1.82, 2.24) is 4.98 Å². The van der Waals surface area contributed by atoms with Gasteiger partial charge in [0.05, 0.1) is 10.6 Å². The SMILES string of the molecule is O=C(O)C(Cc1ccc(Cl)cc1)c1cc([N+](=O)[O-])ccn1. The highest BCUT2D eigenvalue weighted by Crippen LogP contribution is 2.23. The fraction of sp³-hybridized carbons (Fsp3) is 0.143. The second-order valence-electron chi connectivity index (χ2n) is 4.42. The number of carboxylic acids is 1. The summed E-state index contributed by atoms with van der Waals surface area (Å²) in [6.45, 7) is 0. The number of carboxylic acid groups (broad SMARTS) is 1. The summed E-state index contributed by atoms with van der Waals surface area (Å²) < 4.78 is 0. The molecule has 1 aromatic carbocycles. The third-order valence-corrected chi connectivity index (χ3v) is 3.24. The van der Waals surface area contributed by atoms with Crippen molar-refractivity contribution < 1.29 is 14.8 Å². The van der Waals surface area contributed by atoms with Crippen LogP contribution in [-0.4, -0.2) is 21.0 Å². The Morgan fingerprint density at radius 2 is 2.00 bits per heavy atom. The summed E-state index contributed by atoms with van der Waals surface area (Å²) in [5.74, 6) is -2.04. The predicted molar refractivity (Wildman–Crippen MR) is 76.4 cm³/mol. The monoisotopic (exact) mass is 306 g/mol. The number of aliphatic carboxylic acids is 1. The van der Waals surface area contributed by atoms with Gasteiger partial charge < -0.3 is 5.11 Å². The lowest BCUT2D eigenvalue weighted by Crippen LogP contribution is -2.16. The Morgan fingerprint density at radius 3 is 2.57 bits per heavy atom. The third kappa shape index (κ3) is 3.76. The Hall–Kier alpha value is -2.47. The molecular formula is C14H11ClN2O4. The minimum atomic E-state index is -1.09. The Morgan fingerprint density at radius 1 is 1.33 bits per heavy atom. The summed E-state index contributed by atoms with van der Waals surface area (Å²) in [5.41, 5.74) is 0.745. The molecule has 0 saturated carbocycles. The lowest BCUT2D eigenvalue weighted by atomic mass is 9.95. The van der Waals surface area contributed by atoms with Gasteiger partial charge in [-0.3, -0.25) is 19.9 Å². The van der Waals surface area contributed by atoms with E-state index in [1.54, 1.807) is 24.3 Å². The van der Waals surface area contributed by atoms with E-state index in [4.69, 9.17) is 11.6 Å². The van der Waals surface area contributed by atoms with Crippen molar-refractivity contribution in [2.24, 2.45) is 0 Å². The summed E-state index contributed by atoms with van der Waals surface area (Å²) in [4.78, 5) is 25.5. The zero-order valence-corrected chi connectivity index (χ0v) is 11.5. The largest absolute Gasteiger partial charge is 0.481 e. The minimum Gasteiger partial charge on any atom is -0.481 e. The van der Waals surface area contributed by atoms with Gasteiger partial charge in [0.2, 0.25) is 0 Å². The van der Waals surface area contributed by atoms with Gasteiger partial charge in [0.15, 0.2) is 0 Å². The standard InChI is InChI=1S/C14H11ClN2O4/c15-10-3-1-9(2-4-10)7-12(14(18)19)13-8-11(17(20)21)5-6-16-13/h1-6,8,12H,7H2,(H,18,19). The first kappa shape index (κ1) is 14.9. The number of halogens is 1. The van der Waals surface area contributed by atoms with Crippen molar-refractivity contribution in [1.29, 1.82) is 0 Å². The number of pyridine rings is 1. The zero-order chi connectivity index (χ0) is 15.4. The summed E-state index contributed by atoms with van der Waals surface area (Å²) in [6.07, 6.45) is 1.42. The molecule has 6 nitrogen and oxygen atoms in total. The zero-order valence-electron chi connectivity index (χ0n) is 10.8. The van der Waals surface area contributed by atoms with Crippen molar-refractivity contribution in [3.05, 3.63) is 69.0 Å². The maximum absolute atomic E-state index is 11.4. The lowest BCUT2D eigenvalue weighted by molar-refractivity contribution is -0.385. The highest BCUT2D eigenvalue weighted by atomic mass is 35.5. The average Bonchev–Trinajstić information content (AvgIpc) is 2.46. The Kier molecular flexibility index (Phi) is 4.49. The normalized spacial score (nSPS) is 11.9. The van der Waals surface area contributed by atoms with E-state index in [1.165, 1.54) is 18.3 Å². The van der Waals surface area contributed by atoms with Gasteiger partial charge >= 0.3 is 5.97 Å². The van der Waals surface area contributed by atoms with Crippen LogP contribution in [0.25, 0.3) is 0 Å². The van der Waals surface area contributed by atoms with Gasteiger partial charge in [0.25, 0.3) is 5.69 Å². The summed E-state index contributed by atoms with van der Waals surface area (Å²) >= 11 is 5.78. The molecule has 21 heavy (non-hydrogen) atoms. The molecule has 0 aliphatic carbocycles. The van der Waals surface area contributed by atoms with Crippen LogP contribution >= 0.6 is 11.6 Å². The first-order valence-electron chi connectivity index (χ1n) is 6.05. The van der Waals surface area contributed by atoms with E-state index >= 15 is 0 Å². The Bertz CT molecular complexity index is 673. The molecule has 2 rings (SSSR count). The van der Waals surface area contributed by atoms with Gasteiger partial charge in [-0.2, -0.15) is 0 Å². The van der Waals surface area contributed by atoms with Gasteiger partial charge in [-0.25, -0.2) is 0 Å². The number of hydrogen-bond donors (Lipinski definition) is 1. The summed E-state index contributed by atoms with van der Waals surface area (Å²) in [7, 11) is 0. The molecule has 2 aromatic rings. The molecule has 0 radical (unpaired) electrons. The quantitative estimate of drug-likeness (QED) is 0.677. The van der Waals surface area contributed by atoms with Crippen molar-refractivity contribution in [3.8, 4) is 0 Å². The minimum absolute atomic E-state index is 0.159. The number of rotatable bonds is 5. The van der Waals surface area contributed by atoms with Crippen LogP contribution in [0, 0.1) is 10.1 Å². The molecule has 0 aliphatic rings. The van der Waals surface area contributed by atoms with Gasteiger partial charge in [-0.15, -0.1) is 0 Å². The number of nitrogens with zero attached hydrogens (tertiary/aromatic N) is 2. The van der Waals surface area contributed by atoms with Crippen molar-refractivity contribution >= 4 is 23.3 Å². The molecule has 1 unspecified atom stereocenters. The van der Waals surface area contributed by atoms with Crippen molar-refractivity contribution in [3.63, 3.8) is 0 Å². The predicted octanol–water partition coefficient (Wildman–Crippen LogP) is 3.05. The van der Waals surface area contributed by atoms with Crippen LogP contribution in [0.4, 0.5) is 5.69 Å². The summed E-state index contributed by atoms with van der Waals surface area (Å²) in [5, 5.41) is 20.6. The second kappa shape index (κ2) is 6.32. The van der Waals surface area contributed by atoms with Crippen molar-refractivity contribution in [2.45, 2.75) is 12.3 Å². The van der Waals surface area contributed by atoms with E-state index in [2.05, 4.69) is 4.98 Å². The van der Waals surface area contributed by atoms with Gasteiger partial charge in [-0.05, 0) is 24.1 Å². The average molecular weight is 307 g/mol. The number of hydrogen-bond acceptors (Lipinski definition) is 4. The molecule has 0 aliphatic heterocycles. The van der Waals surface area contributed by atoms with Gasteiger partial charge in [0.1, 0.15) is 5.92 Å². The highest BCUT2D eigenvalue weighted by Gasteiger charge is 2.23. The molecule has 1 aromatic heterocycles. The fourth-order valence-electron chi connectivity index (χ4n) is 1.92. The van der Waals surface area contributed by atoms with Gasteiger partial charge in [-0.1, -0.05) is 23.7 Å². The molecular weight excluding hydrogens is 296 g/mol. The maximum atomic E-state index is 11.4. The van der Waals surface area contributed by atoms with Crippen LogP contribution in [0.3, 0.4) is 0 Å². The van der Waals surface area contributed by atoms with E-state index in [-0.39, 0.29) is 17.8 Å². The van der Waals surface area contributed by atoms with E-state index in [0.717, 1.165) is 5.56 Å². The van der Waals surface area contributed by atoms with Crippen LogP contribution in [0.5, 0.6) is 0 Å². The molecule has 1 heterocycles. The summed E-state index contributed by atoms with van der Waals surface area (Å²) in [6, 6.07) is 9.18. The van der Waals surface area contributed by atoms with Crippen LogP contribution in [-0.2, 0) is 11.2 Å². The molecule has 0 amide bonds. The number of benzene rings is 1. The van der Waals surface area contributed by atoms with Crippen LogP contribution in [0.15, 0.2) is 42.6 Å². The van der Waals surface area contributed by atoms with Crippen LogP contribution in [0.2, 0.25) is 5.02 Å². The molecule has 1 atom stereocenters. The topological polar surface area (TPSA) is 93.3 Å². The molecule has 108 valence electrons. The number of carbonyl (C=O) groups is 1. The molecule has 0 bridgehead atoms. The van der Waals surface area contributed by atoms with E-state index in [0.29, 0.717) is 5.02 Å². The Balaban J connectivity index is 2.31. The van der Waals surface area contributed by atoms with Gasteiger partial charge in [0, 0.05) is 23.4 Å². The number of nitro groups is 1. The highest BCUT2D eigenvalue weighted by molar-refractivity contribution is 6.30. The van der Waals surface area contributed by atoms with Crippen LogP contribution < -0.4 is 0 Å². The fourth-order valence-corrected chi connectivity index (χ4v) is 2.04. The van der Waals surface area contributed by atoms with E-state index < -0.39 is 16.8 Å². The van der Waals surface area contributed by atoms with Crippen molar-refractivity contribution in [2.75, 3.05) is 0 Å². The third-order valence-electron chi connectivity index (χ3n) is 2.98. The molecule has 0 spiro atoms. The first-order chi connectivity index (χ1) is 9.97. The lowest BCUT2D eigenvalue weighted by Gasteiger charge is -2.11. The van der Waals surface area contributed by atoms with E-state index in [1.807, 2.05) is 0 Å². The smallest absolute Gasteiger partial charge is 0.312 e. The Labute approximate surface area is 125 Å². The molecule has 1 N–H and O–H groups in total. The van der Waals surface area contributed by atoms with Crippen LogP contribution in [0.1, 0.15) is 17.2 Å². The second-order valence-corrected chi connectivity index (χ2v) is 4.85. The van der Waals surface area contributed by atoms with E-state index in [9.17, 15) is 20.0 Å². The maximum Gasteiger partial charge on any atom is 0.312 e. The first-order valence-corrected chi connectivity index (χ1v) is 6.43.